The van der Waals surface area contributed by atoms with Crippen LogP contribution in [0.1, 0.15) is 53.2 Å². The van der Waals surface area contributed by atoms with Crippen LogP contribution in [0, 0.1) is 0 Å². The number of hydrogen-bond donors (Lipinski definition) is 2. The number of nitrogens with zero attached hydrogens (tertiary/aromatic N) is 4. The molecule has 2 aliphatic rings. The molecule has 1 unspecified atom stereocenters. The predicted octanol–water partition coefficient (Wildman–Crippen LogP) is 2.95. The molecule has 8 heteroatoms. The number of piperidine rings is 1. The summed E-state index contributed by atoms with van der Waals surface area (Å²) in [6, 6.07) is 10.8. The van der Waals surface area contributed by atoms with Crippen LogP contribution < -0.4 is 10.6 Å². The molecule has 1 atom stereocenters. The van der Waals surface area contributed by atoms with Crippen LogP contribution in [0.2, 0.25) is 0 Å². The fourth-order valence-electron chi connectivity index (χ4n) is 4.67. The molecule has 4 heterocycles. The Labute approximate surface area is 175 Å². The van der Waals surface area contributed by atoms with Crippen LogP contribution in [0.5, 0.6) is 0 Å². The molecule has 0 spiro atoms. The van der Waals surface area contributed by atoms with Gasteiger partial charge in [0.2, 0.25) is 5.95 Å². The molecule has 1 saturated heterocycles. The molecule has 0 aliphatic carbocycles. The lowest BCUT2D eigenvalue weighted by atomic mass is 9.96. The molecular weight excluding hydrogens is 380 g/mol. The van der Waals surface area contributed by atoms with Gasteiger partial charge in [-0.1, -0.05) is 18.2 Å². The number of anilines is 2. The van der Waals surface area contributed by atoms with Crippen LogP contribution in [0.15, 0.2) is 41.0 Å². The SMILES string of the molecule is CC1Cc2ccccc2N1Cc1ccoc1C(=O)N1CCC(c2nc(N)n[nH]2)CC1. The number of fused-ring (bicyclic) bond motifs is 1. The van der Waals surface area contributed by atoms with E-state index in [-0.39, 0.29) is 17.8 Å². The van der Waals surface area contributed by atoms with E-state index in [1.54, 1.807) is 6.26 Å². The summed E-state index contributed by atoms with van der Waals surface area (Å²) in [5.74, 6) is 1.73. The topological polar surface area (TPSA) is 104 Å². The zero-order valence-electron chi connectivity index (χ0n) is 17.0. The third-order valence-corrected chi connectivity index (χ3v) is 6.32. The van der Waals surface area contributed by atoms with E-state index in [0.29, 0.717) is 31.4 Å². The number of likely N-dealkylation sites (tertiary alicyclic amines) is 1. The molecule has 2 aromatic heterocycles. The fourth-order valence-corrected chi connectivity index (χ4v) is 4.67. The molecule has 0 saturated carbocycles. The van der Waals surface area contributed by atoms with E-state index in [2.05, 4.69) is 51.3 Å². The summed E-state index contributed by atoms with van der Waals surface area (Å²) in [5.41, 5.74) is 9.16. The first-order valence-corrected chi connectivity index (χ1v) is 10.5. The minimum absolute atomic E-state index is 0.0364. The van der Waals surface area contributed by atoms with Crippen molar-refractivity contribution in [2.24, 2.45) is 0 Å². The molecule has 1 amide bonds. The van der Waals surface area contributed by atoms with Gasteiger partial charge in [-0.05, 0) is 43.9 Å². The summed E-state index contributed by atoms with van der Waals surface area (Å²) in [4.78, 5) is 21.7. The van der Waals surface area contributed by atoms with E-state index >= 15 is 0 Å². The van der Waals surface area contributed by atoms with Crippen molar-refractivity contribution in [2.45, 2.75) is 44.7 Å². The summed E-state index contributed by atoms with van der Waals surface area (Å²) in [5, 5.41) is 6.81. The summed E-state index contributed by atoms with van der Waals surface area (Å²) >= 11 is 0. The Morgan fingerprint density at radius 2 is 2.07 bits per heavy atom. The van der Waals surface area contributed by atoms with Crippen LogP contribution in [-0.4, -0.2) is 45.1 Å². The monoisotopic (exact) mass is 406 g/mol. The average Bonchev–Trinajstić information content (AvgIpc) is 3.48. The molecule has 5 rings (SSSR count). The van der Waals surface area contributed by atoms with Crippen LogP contribution in [-0.2, 0) is 13.0 Å². The molecule has 156 valence electrons. The van der Waals surface area contributed by atoms with Gasteiger partial charge in [-0.3, -0.25) is 9.89 Å². The van der Waals surface area contributed by atoms with E-state index in [9.17, 15) is 4.79 Å². The third-order valence-electron chi connectivity index (χ3n) is 6.32. The van der Waals surface area contributed by atoms with E-state index in [0.717, 1.165) is 30.7 Å². The Kier molecular flexibility index (Phi) is 4.69. The number of carbonyl (C=O) groups excluding carboxylic acids is 1. The maximum absolute atomic E-state index is 13.2. The average molecular weight is 406 g/mol. The number of nitrogens with one attached hydrogen (secondary N) is 1. The van der Waals surface area contributed by atoms with Gasteiger partial charge in [-0.15, -0.1) is 5.10 Å². The summed E-state index contributed by atoms with van der Waals surface area (Å²) in [6.45, 7) is 4.21. The van der Waals surface area contributed by atoms with Crippen LogP contribution in [0.3, 0.4) is 0 Å². The van der Waals surface area contributed by atoms with Gasteiger partial charge >= 0.3 is 0 Å². The molecular formula is C22H26N6O2. The van der Waals surface area contributed by atoms with Gasteiger partial charge in [0.1, 0.15) is 5.82 Å². The number of H-pyrrole nitrogens is 1. The minimum Gasteiger partial charge on any atom is -0.459 e. The Morgan fingerprint density at radius 1 is 1.27 bits per heavy atom. The maximum atomic E-state index is 13.2. The van der Waals surface area contributed by atoms with E-state index in [1.807, 2.05) is 11.0 Å². The van der Waals surface area contributed by atoms with Gasteiger partial charge in [0.15, 0.2) is 5.76 Å². The lowest BCUT2D eigenvalue weighted by Crippen LogP contribution is -2.38. The van der Waals surface area contributed by atoms with Gasteiger partial charge in [-0.2, -0.15) is 4.98 Å². The second-order valence-corrected chi connectivity index (χ2v) is 8.23. The number of nitrogen functional groups attached to an aromatic ring is 1. The van der Waals surface area contributed by atoms with Crippen molar-refractivity contribution in [3.8, 4) is 0 Å². The number of furan rings is 1. The number of hydrogen-bond acceptors (Lipinski definition) is 6. The normalized spacial score (nSPS) is 19.3. The second-order valence-electron chi connectivity index (χ2n) is 8.23. The molecule has 0 bridgehead atoms. The largest absolute Gasteiger partial charge is 0.459 e. The van der Waals surface area contributed by atoms with Crippen LogP contribution in [0.25, 0.3) is 0 Å². The van der Waals surface area contributed by atoms with Crippen molar-refractivity contribution in [2.75, 3.05) is 23.7 Å². The van der Waals surface area contributed by atoms with E-state index in [4.69, 9.17) is 10.2 Å². The van der Waals surface area contributed by atoms with Crippen LogP contribution >= 0.6 is 0 Å². The molecule has 8 nitrogen and oxygen atoms in total. The smallest absolute Gasteiger partial charge is 0.289 e. The standard InChI is InChI=1S/C22H26N6O2/c1-14-12-16-4-2-3-5-18(16)28(14)13-17-8-11-30-19(17)21(29)27-9-6-15(7-10-27)20-24-22(23)26-25-20/h2-5,8,11,14-15H,6-7,9-10,12-13H2,1H3,(H3,23,24,25,26). The van der Waals surface area contributed by atoms with Crippen molar-refractivity contribution in [1.82, 2.24) is 20.1 Å². The maximum Gasteiger partial charge on any atom is 0.289 e. The number of carbonyl (C=O) groups is 1. The van der Waals surface area contributed by atoms with Crippen molar-refractivity contribution in [1.29, 1.82) is 0 Å². The first-order valence-electron chi connectivity index (χ1n) is 10.5. The van der Waals surface area contributed by atoms with Gasteiger partial charge in [-0.25, -0.2) is 0 Å². The molecule has 0 radical (unpaired) electrons. The Morgan fingerprint density at radius 3 is 2.83 bits per heavy atom. The number of para-hydroxylation sites is 1. The van der Waals surface area contributed by atoms with Crippen molar-refractivity contribution in [3.05, 3.63) is 59.3 Å². The van der Waals surface area contributed by atoms with Gasteiger partial charge < -0.3 is 20.0 Å². The zero-order chi connectivity index (χ0) is 20.7. The van der Waals surface area contributed by atoms with E-state index < -0.39 is 0 Å². The summed E-state index contributed by atoms with van der Waals surface area (Å²) in [7, 11) is 0. The highest BCUT2D eigenvalue weighted by Gasteiger charge is 2.31. The first-order chi connectivity index (χ1) is 14.6. The number of aromatic nitrogens is 3. The van der Waals surface area contributed by atoms with E-state index in [1.165, 1.54) is 11.3 Å². The van der Waals surface area contributed by atoms with Gasteiger partial charge in [0.05, 0.1) is 6.26 Å². The Balaban J connectivity index is 1.28. The number of nitrogens with two attached hydrogens (primary N) is 1. The molecule has 3 aromatic rings. The highest BCUT2D eigenvalue weighted by atomic mass is 16.3. The van der Waals surface area contributed by atoms with Crippen molar-refractivity contribution < 1.29 is 9.21 Å². The van der Waals surface area contributed by atoms with Gasteiger partial charge in [0.25, 0.3) is 5.91 Å². The second kappa shape index (κ2) is 7.51. The molecule has 2 aliphatic heterocycles. The summed E-state index contributed by atoms with van der Waals surface area (Å²) < 4.78 is 5.67. The van der Waals surface area contributed by atoms with Crippen LogP contribution in [0.4, 0.5) is 11.6 Å². The Bertz CT molecular complexity index is 1050. The first kappa shape index (κ1) is 18.7. The Hall–Kier alpha value is -3.29. The molecule has 1 aromatic carbocycles. The quantitative estimate of drug-likeness (QED) is 0.690. The fraction of sp³-hybridized carbons (Fsp3) is 0.409. The van der Waals surface area contributed by atoms with Crippen molar-refractivity contribution in [3.63, 3.8) is 0 Å². The number of benzene rings is 1. The number of amides is 1. The lowest BCUT2D eigenvalue weighted by Gasteiger charge is -2.31. The third kappa shape index (κ3) is 3.32. The van der Waals surface area contributed by atoms with Crippen molar-refractivity contribution >= 4 is 17.5 Å². The van der Waals surface area contributed by atoms with Gasteiger partial charge in [0, 0.05) is 42.8 Å². The molecule has 3 N–H and O–H groups in total. The molecule has 1 fully saturated rings. The zero-order valence-corrected chi connectivity index (χ0v) is 17.0. The lowest BCUT2D eigenvalue weighted by molar-refractivity contribution is 0.0677. The minimum atomic E-state index is -0.0364. The number of aromatic amines is 1. The summed E-state index contributed by atoms with van der Waals surface area (Å²) in [6.07, 6.45) is 4.30. The molecule has 30 heavy (non-hydrogen) atoms. The highest BCUT2D eigenvalue weighted by Crippen LogP contribution is 2.34. The highest BCUT2D eigenvalue weighted by molar-refractivity contribution is 5.93. The number of rotatable bonds is 4. The predicted molar refractivity (Wildman–Crippen MR) is 113 cm³/mol.